The monoisotopic (exact) mass is 369 g/mol. The Morgan fingerprint density at radius 2 is 1.80 bits per heavy atom. The van der Waals surface area contributed by atoms with E-state index in [1.54, 1.807) is 11.8 Å². The van der Waals surface area contributed by atoms with Gasteiger partial charge in [0.15, 0.2) is 5.11 Å². The normalized spacial score (nSPS) is 16.9. The summed E-state index contributed by atoms with van der Waals surface area (Å²) in [6.07, 6.45) is 2.04. The average molecular weight is 370 g/mol. The first-order valence-corrected chi connectivity index (χ1v) is 9.50. The van der Waals surface area contributed by atoms with Gasteiger partial charge in [-0.25, -0.2) is 0 Å². The number of hydrogen-bond donors (Lipinski definition) is 3. The molecule has 0 saturated carbocycles. The Hall–Kier alpha value is -2.31. The predicted molar refractivity (Wildman–Crippen MR) is 108 cm³/mol. The Bertz CT molecular complexity index is 816. The minimum absolute atomic E-state index is 0.148. The average Bonchev–Trinajstić information content (AvgIpc) is 2.62. The third kappa shape index (κ3) is 4.03. The number of para-hydroxylation sites is 1. The number of thioether (sulfide) groups is 1. The number of rotatable bonds is 4. The molecule has 0 saturated heterocycles. The lowest BCUT2D eigenvalue weighted by Gasteiger charge is -2.30. The minimum Gasteiger partial charge on any atom is -0.351 e. The predicted octanol–water partition coefficient (Wildman–Crippen LogP) is 3.84. The lowest BCUT2D eigenvalue weighted by molar-refractivity contribution is -0.113. The second kappa shape index (κ2) is 7.72. The third-order valence-corrected chi connectivity index (χ3v) is 4.96. The molecule has 6 heteroatoms. The summed E-state index contributed by atoms with van der Waals surface area (Å²) in [5.41, 5.74) is 3.15. The van der Waals surface area contributed by atoms with E-state index in [1.165, 1.54) is 4.90 Å². The molecule has 1 atom stereocenters. The van der Waals surface area contributed by atoms with Gasteiger partial charge in [0.05, 0.1) is 11.6 Å². The van der Waals surface area contributed by atoms with Crippen LogP contribution in [0.3, 0.4) is 0 Å². The van der Waals surface area contributed by atoms with E-state index in [1.807, 2.05) is 55.6 Å². The highest BCUT2D eigenvalue weighted by atomic mass is 32.2. The van der Waals surface area contributed by atoms with Crippen molar-refractivity contribution in [1.29, 1.82) is 0 Å². The Morgan fingerprint density at radius 1 is 1.12 bits per heavy atom. The van der Waals surface area contributed by atoms with E-state index >= 15 is 0 Å². The number of carbonyl (C=O) groups is 1. The van der Waals surface area contributed by atoms with Crippen molar-refractivity contribution in [3.63, 3.8) is 0 Å². The lowest BCUT2D eigenvalue weighted by Crippen LogP contribution is -2.45. The second-order valence-electron chi connectivity index (χ2n) is 5.66. The first-order valence-electron chi connectivity index (χ1n) is 7.87. The highest BCUT2D eigenvalue weighted by Crippen LogP contribution is 2.29. The molecule has 0 fully saturated rings. The largest absolute Gasteiger partial charge is 0.351 e. The van der Waals surface area contributed by atoms with Gasteiger partial charge in [0.2, 0.25) is 0 Å². The number of hydrogen-bond acceptors (Lipinski definition) is 3. The summed E-state index contributed by atoms with van der Waals surface area (Å²) in [5.74, 6) is -0.148. The van der Waals surface area contributed by atoms with Gasteiger partial charge in [-0.05, 0) is 55.2 Å². The van der Waals surface area contributed by atoms with Crippen LogP contribution in [0, 0.1) is 0 Å². The van der Waals surface area contributed by atoms with Gasteiger partial charge in [0.25, 0.3) is 5.91 Å². The number of thiocarbonyl (C=S) groups is 1. The molecule has 0 spiro atoms. The van der Waals surface area contributed by atoms with Crippen molar-refractivity contribution >= 4 is 40.7 Å². The molecule has 1 heterocycles. The molecular formula is C19H19N3OS2. The zero-order valence-electron chi connectivity index (χ0n) is 14.0. The van der Waals surface area contributed by atoms with Crippen LogP contribution in [-0.2, 0) is 4.79 Å². The highest BCUT2D eigenvalue weighted by molar-refractivity contribution is 7.98. The smallest absolute Gasteiger partial charge is 0.255 e. The molecule has 128 valence electrons. The van der Waals surface area contributed by atoms with Crippen LogP contribution in [0.25, 0.3) is 0 Å². The number of allylic oxidation sites excluding steroid dienone is 1. The first-order chi connectivity index (χ1) is 12.1. The van der Waals surface area contributed by atoms with Crippen molar-refractivity contribution in [3.05, 3.63) is 71.4 Å². The topological polar surface area (TPSA) is 53.2 Å². The van der Waals surface area contributed by atoms with E-state index in [-0.39, 0.29) is 11.9 Å². The van der Waals surface area contributed by atoms with E-state index in [0.29, 0.717) is 10.7 Å². The van der Waals surface area contributed by atoms with Crippen molar-refractivity contribution in [2.75, 3.05) is 11.6 Å². The van der Waals surface area contributed by atoms with Gasteiger partial charge in [-0.15, -0.1) is 11.8 Å². The van der Waals surface area contributed by atoms with Gasteiger partial charge in [-0.2, -0.15) is 0 Å². The molecule has 0 radical (unpaired) electrons. The summed E-state index contributed by atoms with van der Waals surface area (Å²) < 4.78 is 0. The van der Waals surface area contributed by atoms with Crippen molar-refractivity contribution in [2.45, 2.75) is 17.9 Å². The van der Waals surface area contributed by atoms with E-state index in [4.69, 9.17) is 12.2 Å². The van der Waals surface area contributed by atoms with Gasteiger partial charge < -0.3 is 16.0 Å². The van der Waals surface area contributed by atoms with Gasteiger partial charge in [0.1, 0.15) is 0 Å². The molecule has 2 aromatic rings. The molecule has 1 amide bonds. The van der Waals surface area contributed by atoms with Crippen molar-refractivity contribution in [3.8, 4) is 0 Å². The number of amides is 1. The summed E-state index contributed by atoms with van der Waals surface area (Å²) in [4.78, 5) is 14.1. The summed E-state index contributed by atoms with van der Waals surface area (Å²) in [7, 11) is 0. The molecule has 0 unspecified atom stereocenters. The molecule has 0 aliphatic carbocycles. The van der Waals surface area contributed by atoms with Crippen LogP contribution in [0.15, 0.2) is 70.8 Å². The van der Waals surface area contributed by atoms with Crippen LogP contribution >= 0.6 is 24.0 Å². The Labute approximate surface area is 157 Å². The first kappa shape index (κ1) is 17.5. The number of carbonyl (C=O) groups excluding carboxylic acids is 1. The van der Waals surface area contributed by atoms with Gasteiger partial charge in [-0.3, -0.25) is 4.79 Å². The molecule has 2 aromatic carbocycles. The van der Waals surface area contributed by atoms with Crippen LogP contribution in [0.5, 0.6) is 0 Å². The van der Waals surface area contributed by atoms with Crippen molar-refractivity contribution in [2.24, 2.45) is 0 Å². The number of benzene rings is 2. The molecule has 1 aliphatic rings. The van der Waals surface area contributed by atoms with Gasteiger partial charge >= 0.3 is 0 Å². The second-order valence-corrected chi connectivity index (χ2v) is 6.95. The molecule has 1 aliphatic heterocycles. The maximum Gasteiger partial charge on any atom is 0.255 e. The third-order valence-electron chi connectivity index (χ3n) is 3.99. The summed E-state index contributed by atoms with van der Waals surface area (Å²) in [6, 6.07) is 17.3. The number of anilines is 1. The minimum atomic E-state index is -0.284. The Kier molecular flexibility index (Phi) is 5.40. The van der Waals surface area contributed by atoms with Crippen LogP contribution < -0.4 is 16.0 Å². The Morgan fingerprint density at radius 3 is 2.44 bits per heavy atom. The zero-order chi connectivity index (χ0) is 17.8. The fourth-order valence-corrected chi connectivity index (χ4v) is 3.44. The maximum absolute atomic E-state index is 12.9. The molecule has 4 nitrogen and oxygen atoms in total. The Balaban J connectivity index is 1.93. The van der Waals surface area contributed by atoms with Crippen molar-refractivity contribution < 1.29 is 4.79 Å². The summed E-state index contributed by atoms with van der Waals surface area (Å²) >= 11 is 6.97. The molecule has 0 aromatic heterocycles. The number of nitrogens with one attached hydrogen (secondary N) is 3. The van der Waals surface area contributed by atoms with Gasteiger partial charge in [-0.1, -0.05) is 30.3 Å². The zero-order valence-corrected chi connectivity index (χ0v) is 15.6. The van der Waals surface area contributed by atoms with Crippen LogP contribution in [0.1, 0.15) is 18.5 Å². The fourth-order valence-electron chi connectivity index (χ4n) is 2.76. The highest BCUT2D eigenvalue weighted by Gasteiger charge is 2.29. The maximum atomic E-state index is 12.9. The summed E-state index contributed by atoms with van der Waals surface area (Å²) in [6.45, 7) is 1.87. The summed E-state index contributed by atoms with van der Waals surface area (Å²) in [5, 5.41) is 9.74. The molecule has 0 bridgehead atoms. The molecule has 3 N–H and O–H groups in total. The van der Waals surface area contributed by atoms with E-state index < -0.39 is 0 Å². The van der Waals surface area contributed by atoms with Crippen LogP contribution in [0.2, 0.25) is 0 Å². The van der Waals surface area contributed by atoms with E-state index in [0.717, 1.165) is 16.9 Å². The standard InChI is InChI=1S/C19H19N3OS2/c1-12-16(18(23)21-14-6-4-3-5-7-14)17(22-19(24)20-12)13-8-10-15(25-2)11-9-13/h3-11,17H,1-2H3,(H,21,23)(H2,20,22,24)/t17-/m0/s1. The fraction of sp³-hybridized carbons (Fsp3) is 0.158. The lowest BCUT2D eigenvalue weighted by atomic mass is 9.95. The van der Waals surface area contributed by atoms with E-state index in [2.05, 4.69) is 28.1 Å². The molecule has 25 heavy (non-hydrogen) atoms. The quantitative estimate of drug-likeness (QED) is 0.565. The molecular weight excluding hydrogens is 350 g/mol. The SMILES string of the molecule is CSc1ccc([C@@H]2NC(=S)NC(C)=C2C(=O)Nc2ccccc2)cc1. The van der Waals surface area contributed by atoms with Gasteiger partial charge in [0, 0.05) is 16.3 Å². The van der Waals surface area contributed by atoms with E-state index in [9.17, 15) is 4.79 Å². The van der Waals surface area contributed by atoms with Crippen molar-refractivity contribution in [1.82, 2.24) is 10.6 Å². The van der Waals surface area contributed by atoms with Crippen LogP contribution in [-0.4, -0.2) is 17.3 Å². The van der Waals surface area contributed by atoms with Crippen LogP contribution in [0.4, 0.5) is 5.69 Å². The molecule has 3 rings (SSSR count).